The van der Waals surface area contributed by atoms with Gasteiger partial charge in [-0.2, -0.15) is 0 Å². The van der Waals surface area contributed by atoms with Crippen LogP contribution < -0.4 is 10.6 Å². The zero-order valence-electron chi connectivity index (χ0n) is 12.2. The molecule has 0 aliphatic heterocycles. The number of rotatable bonds is 6. The van der Waals surface area contributed by atoms with E-state index in [1.54, 1.807) is 14.2 Å². The Morgan fingerprint density at radius 2 is 2.10 bits per heavy atom. The Bertz CT molecular complexity index is 427. The van der Waals surface area contributed by atoms with Crippen molar-refractivity contribution in [1.29, 1.82) is 0 Å². The average Bonchev–Trinajstić information content (AvgIpc) is 2.40. The van der Waals surface area contributed by atoms with Crippen LogP contribution in [0.2, 0.25) is 0 Å². The zero-order valence-corrected chi connectivity index (χ0v) is 16.1. The van der Waals surface area contributed by atoms with E-state index in [1.807, 2.05) is 0 Å². The van der Waals surface area contributed by atoms with Crippen molar-refractivity contribution in [3.05, 3.63) is 33.8 Å². The number of guanidine groups is 1. The maximum atomic E-state index is 5.01. The van der Waals surface area contributed by atoms with Crippen molar-refractivity contribution >= 4 is 45.9 Å². The van der Waals surface area contributed by atoms with Crippen LogP contribution in [0.25, 0.3) is 0 Å². The second kappa shape index (κ2) is 11.3. The lowest BCUT2D eigenvalue weighted by molar-refractivity contribution is 0.195. The molecule has 1 aromatic rings. The van der Waals surface area contributed by atoms with E-state index in [-0.39, 0.29) is 24.0 Å². The summed E-state index contributed by atoms with van der Waals surface area (Å²) in [6, 6.07) is 6.29. The first-order chi connectivity index (χ1) is 9.17. The lowest BCUT2D eigenvalue weighted by atomic mass is 10.1. The molecule has 0 radical (unpaired) electrons. The number of nitrogens with zero attached hydrogens (tertiary/aromatic N) is 1. The number of halogens is 2. The van der Waals surface area contributed by atoms with Gasteiger partial charge in [-0.25, -0.2) is 0 Å². The molecule has 0 bridgehead atoms. The summed E-state index contributed by atoms with van der Waals surface area (Å²) in [5.41, 5.74) is 2.53. The van der Waals surface area contributed by atoms with Gasteiger partial charge in [-0.15, -0.1) is 24.0 Å². The number of hydrogen-bond donors (Lipinski definition) is 2. The molecular weight excluding hydrogens is 433 g/mol. The normalized spacial score (nSPS) is 10.9. The molecule has 2 N–H and O–H groups in total. The Kier molecular flexibility index (Phi) is 11.1. The van der Waals surface area contributed by atoms with E-state index in [4.69, 9.17) is 4.74 Å². The number of hydrogen-bond acceptors (Lipinski definition) is 2. The molecule has 6 heteroatoms. The molecule has 0 aliphatic rings. The predicted molar refractivity (Wildman–Crippen MR) is 99.0 cm³/mol. The van der Waals surface area contributed by atoms with Crippen LogP contribution in [-0.4, -0.2) is 33.3 Å². The van der Waals surface area contributed by atoms with Crippen molar-refractivity contribution in [3.63, 3.8) is 0 Å². The van der Waals surface area contributed by atoms with E-state index in [0.29, 0.717) is 0 Å². The first kappa shape index (κ1) is 19.7. The van der Waals surface area contributed by atoms with Crippen molar-refractivity contribution in [2.75, 3.05) is 27.3 Å². The van der Waals surface area contributed by atoms with Gasteiger partial charge in [-0.1, -0.05) is 22.0 Å². The van der Waals surface area contributed by atoms with Crippen molar-refractivity contribution in [2.45, 2.75) is 19.9 Å². The van der Waals surface area contributed by atoms with E-state index >= 15 is 0 Å². The topological polar surface area (TPSA) is 45.7 Å². The Labute approximate surface area is 146 Å². The maximum Gasteiger partial charge on any atom is 0.191 e. The van der Waals surface area contributed by atoms with Gasteiger partial charge in [0.1, 0.15) is 0 Å². The Hall–Kier alpha value is -0.340. The van der Waals surface area contributed by atoms with Gasteiger partial charge >= 0.3 is 0 Å². The number of aryl methyl sites for hydroxylation is 1. The molecule has 1 aromatic carbocycles. The smallest absolute Gasteiger partial charge is 0.191 e. The van der Waals surface area contributed by atoms with E-state index < -0.39 is 0 Å². The molecule has 1 rings (SSSR count). The van der Waals surface area contributed by atoms with Crippen molar-refractivity contribution in [1.82, 2.24) is 10.6 Å². The summed E-state index contributed by atoms with van der Waals surface area (Å²) >= 11 is 3.47. The highest BCUT2D eigenvalue weighted by atomic mass is 127. The summed E-state index contributed by atoms with van der Waals surface area (Å²) in [5, 5.41) is 6.56. The van der Waals surface area contributed by atoms with Crippen LogP contribution in [0.1, 0.15) is 17.5 Å². The van der Waals surface area contributed by atoms with Gasteiger partial charge in [0.15, 0.2) is 5.96 Å². The molecule has 114 valence electrons. The van der Waals surface area contributed by atoms with Gasteiger partial charge in [-0.3, -0.25) is 4.99 Å². The number of ether oxygens (including phenoxy) is 1. The van der Waals surface area contributed by atoms with Crippen LogP contribution in [0.15, 0.2) is 27.7 Å². The summed E-state index contributed by atoms with van der Waals surface area (Å²) in [7, 11) is 3.49. The van der Waals surface area contributed by atoms with Crippen LogP contribution in [-0.2, 0) is 11.3 Å². The molecular formula is C14H23BrIN3O. The van der Waals surface area contributed by atoms with Gasteiger partial charge in [-0.05, 0) is 36.6 Å². The minimum Gasteiger partial charge on any atom is -0.385 e. The van der Waals surface area contributed by atoms with Gasteiger partial charge < -0.3 is 15.4 Å². The minimum absolute atomic E-state index is 0. The van der Waals surface area contributed by atoms with Gasteiger partial charge in [0.05, 0.1) is 0 Å². The molecule has 0 aliphatic carbocycles. The summed E-state index contributed by atoms with van der Waals surface area (Å²) in [5.74, 6) is 0.818. The molecule has 0 unspecified atom stereocenters. The van der Waals surface area contributed by atoms with Gasteiger partial charge in [0.25, 0.3) is 0 Å². The second-order valence-corrected chi connectivity index (χ2v) is 5.19. The number of nitrogens with one attached hydrogen (secondary N) is 2. The zero-order chi connectivity index (χ0) is 14.1. The Balaban J connectivity index is 0.00000361. The highest BCUT2D eigenvalue weighted by Gasteiger charge is 2.01. The Morgan fingerprint density at radius 3 is 2.70 bits per heavy atom. The predicted octanol–water partition coefficient (Wildman–Crippen LogP) is 3.08. The molecule has 0 amide bonds. The number of aliphatic imine (C=N–C) groups is 1. The van der Waals surface area contributed by atoms with Gasteiger partial charge in [0, 0.05) is 38.3 Å². The number of benzene rings is 1. The first-order valence-corrected chi connectivity index (χ1v) is 7.15. The SMILES string of the molecule is CN=C(NCCCOC)NCc1ccc(Br)cc1C.I. The van der Waals surface area contributed by atoms with Crippen molar-refractivity contribution in [3.8, 4) is 0 Å². The van der Waals surface area contributed by atoms with E-state index in [1.165, 1.54) is 11.1 Å². The summed E-state index contributed by atoms with van der Waals surface area (Å²) in [6.07, 6.45) is 0.967. The van der Waals surface area contributed by atoms with E-state index in [0.717, 1.165) is 36.5 Å². The van der Waals surface area contributed by atoms with Gasteiger partial charge in [0.2, 0.25) is 0 Å². The van der Waals surface area contributed by atoms with Crippen LogP contribution in [0, 0.1) is 6.92 Å². The largest absolute Gasteiger partial charge is 0.385 e. The average molecular weight is 456 g/mol. The fourth-order valence-electron chi connectivity index (χ4n) is 1.68. The summed E-state index contributed by atoms with van der Waals surface area (Å²) in [6.45, 7) is 4.49. The van der Waals surface area contributed by atoms with Crippen molar-refractivity contribution < 1.29 is 4.74 Å². The molecule has 0 spiro atoms. The monoisotopic (exact) mass is 455 g/mol. The van der Waals surface area contributed by atoms with E-state index in [2.05, 4.69) is 56.7 Å². The van der Waals surface area contributed by atoms with Crippen LogP contribution >= 0.6 is 39.9 Å². The molecule has 0 saturated heterocycles. The molecule has 0 fully saturated rings. The number of methoxy groups -OCH3 is 1. The summed E-state index contributed by atoms with van der Waals surface area (Å²) < 4.78 is 6.12. The first-order valence-electron chi connectivity index (χ1n) is 6.36. The van der Waals surface area contributed by atoms with Crippen LogP contribution in [0.3, 0.4) is 0 Å². The quantitative estimate of drug-likeness (QED) is 0.300. The molecule has 0 heterocycles. The third kappa shape index (κ3) is 7.44. The fourth-order valence-corrected chi connectivity index (χ4v) is 2.16. The van der Waals surface area contributed by atoms with Crippen LogP contribution in [0.4, 0.5) is 0 Å². The maximum absolute atomic E-state index is 5.01. The molecule has 0 saturated carbocycles. The highest BCUT2D eigenvalue weighted by molar-refractivity contribution is 14.0. The lowest BCUT2D eigenvalue weighted by Crippen LogP contribution is -2.37. The highest BCUT2D eigenvalue weighted by Crippen LogP contribution is 2.15. The molecule has 0 aromatic heterocycles. The van der Waals surface area contributed by atoms with Crippen molar-refractivity contribution in [2.24, 2.45) is 4.99 Å². The standard InChI is InChI=1S/C14H22BrN3O.HI/c1-11-9-13(15)6-5-12(11)10-18-14(16-2)17-7-4-8-19-3;/h5-6,9H,4,7-8,10H2,1-3H3,(H2,16,17,18);1H. The third-order valence-electron chi connectivity index (χ3n) is 2.79. The summed E-state index contributed by atoms with van der Waals surface area (Å²) in [4.78, 5) is 4.19. The third-order valence-corrected chi connectivity index (χ3v) is 3.29. The Morgan fingerprint density at radius 1 is 1.35 bits per heavy atom. The van der Waals surface area contributed by atoms with E-state index in [9.17, 15) is 0 Å². The van der Waals surface area contributed by atoms with Crippen LogP contribution in [0.5, 0.6) is 0 Å². The lowest BCUT2D eigenvalue weighted by Gasteiger charge is -2.13. The minimum atomic E-state index is 0. The molecule has 4 nitrogen and oxygen atoms in total. The molecule has 20 heavy (non-hydrogen) atoms. The molecule has 0 atom stereocenters. The second-order valence-electron chi connectivity index (χ2n) is 4.27. The fraction of sp³-hybridized carbons (Fsp3) is 0.500.